The third-order valence-corrected chi connectivity index (χ3v) is 5.37. The smallest absolute Gasteiger partial charge is 0.238 e. The minimum atomic E-state index is -0.498. The number of pyridine rings is 1. The Kier molecular flexibility index (Phi) is 3.92. The van der Waals surface area contributed by atoms with Crippen molar-refractivity contribution in [2.75, 3.05) is 4.90 Å². The van der Waals surface area contributed by atoms with Crippen LogP contribution in [-0.2, 0) is 4.79 Å². The number of hydrogen-bond acceptors (Lipinski definition) is 4. The summed E-state index contributed by atoms with van der Waals surface area (Å²) in [5.74, 6) is 1.44. The van der Waals surface area contributed by atoms with Gasteiger partial charge in [-0.3, -0.25) is 9.69 Å². The molecule has 1 aliphatic heterocycles. The van der Waals surface area contributed by atoms with E-state index in [1.54, 1.807) is 11.0 Å². The lowest BCUT2D eigenvalue weighted by Crippen LogP contribution is -2.31. The Balaban J connectivity index is 1.81. The van der Waals surface area contributed by atoms with Crippen LogP contribution >= 0.6 is 11.6 Å². The van der Waals surface area contributed by atoms with Crippen LogP contribution in [0.25, 0.3) is 5.57 Å². The molecule has 0 radical (unpaired) electrons. The zero-order valence-electron chi connectivity index (χ0n) is 14.9. The van der Waals surface area contributed by atoms with Gasteiger partial charge in [0.1, 0.15) is 16.8 Å². The van der Waals surface area contributed by atoms with Gasteiger partial charge in [0.25, 0.3) is 0 Å². The van der Waals surface area contributed by atoms with Gasteiger partial charge in [-0.15, -0.1) is 0 Å². The zero-order valence-corrected chi connectivity index (χ0v) is 15.7. The molecule has 0 saturated carbocycles. The van der Waals surface area contributed by atoms with Crippen LogP contribution in [0.15, 0.2) is 48.4 Å². The van der Waals surface area contributed by atoms with Gasteiger partial charge in [-0.25, -0.2) is 15.0 Å². The van der Waals surface area contributed by atoms with Crippen LogP contribution in [0.4, 0.5) is 5.82 Å². The Morgan fingerprint density at radius 3 is 2.65 bits per heavy atom. The topological polar surface area (TPSA) is 59.0 Å². The highest BCUT2D eigenvalue weighted by Gasteiger charge is 2.51. The Bertz CT molecular complexity index is 947. The summed E-state index contributed by atoms with van der Waals surface area (Å²) in [6, 6.07) is 5.33. The predicted molar refractivity (Wildman–Crippen MR) is 101 cm³/mol. The molecule has 1 unspecified atom stereocenters. The molecule has 2 aliphatic rings. The summed E-state index contributed by atoms with van der Waals surface area (Å²) in [6.45, 7) is 5.84. The molecule has 26 heavy (non-hydrogen) atoms. The number of carbonyl (C=O) groups excluding carboxylic acids is 1. The van der Waals surface area contributed by atoms with Crippen molar-refractivity contribution in [1.82, 2.24) is 15.0 Å². The van der Waals surface area contributed by atoms with E-state index < -0.39 is 5.41 Å². The number of anilines is 1. The van der Waals surface area contributed by atoms with Crippen LogP contribution in [-0.4, -0.2) is 20.9 Å². The van der Waals surface area contributed by atoms with Crippen LogP contribution in [0.3, 0.4) is 0 Å². The number of halogens is 1. The molecule has 4 rings (SSSR count). The molecule has 1 saturated heterocycles. The summed E-state index contributed by atoms with van der Waals surface area (Å²) in [5.41, 5.74) is 2.42. The number of aromatic nitrogens is 3. The van der Waals surface area contributed by atoms with E-state index in [2.05, 4.69) is 27.1 Å². The van der Waals surface area contributed by atoms with Crippen molar-refractivity contribution in [3.05, 3.63) is 65.0 Å². The Morgan fingerprint density at radius 2 is 1.96 bits per heavy atom. The van der Waals surface area contributed by atoms with Crippen molar-refractivity contribution in [3.63, 3.8) is 0 Å². The summed E-state index contributed by atoms with van der Waals surface area (Å²) in [6.07, 6.45) is 8.62. The molecule has 0 bridgehead atoms. The molecule has 2 aromatic heterocycles. The Labute approximate surface area is 157 Å². The first-order chi connectivity index (χ1) is 12.4. The maximum atomic E-state index is 13.1. The number of aryl methyl sites for hydroxylation is 1. The highest BCUT2D eigenvalue weighted by Crippen LogP contribution is 2.50. The summed E-state index contributed by atoms with van der Waals surface area (Å²) >= 11 is 6.06. The van der Waals surface area contributed by atoms with Crippen molar-refractivity contribution in [2.45, 2.75) is 27.2 Å². The first-order valence-electron chi connectivity index (χ1n) is 8.56. The predicted octanol–water partition coefficient (Wildman–Crippen LogP) is 4.19. The van der Waals surface area contributed by atoms with Crippen molar-refractivity contribution >= 4 is 28.9 Å². The SMILES string of the molecule is Cc1ncc(C2=CCC3C(=C2)N(c2cccc(Cl)n2)C(=O)C3(C)C)cn1. The van der Waals surface area contributed by atoms with Crippen molar-refractivity contribution in [2.24, 2.45) is 11.3 Å². The monoisotopic (exact) mass is 366 g/mol. The third kappa shape index (κ3) is 2.63. The number of carbonyl (C=O) groups is 1. The van der Waals surface area contributed by atoms with Crippen LogP contribution in [0.5, 0.6) is 0 Å². The number of fused-ring (bicyclic) bond motifs is 1. The summed E-state index contributed by atoms with van der Waals surface area (Å²) in [4.78, 5) is 27.8. The van der Waals surface area contributed by atoms with Crippen LogP contribution in [0.2, 0.25) is 5.15 Å². The summed E-state index contributed by atoms with van der Waals surface area (Å²) in [7, 11) is 0. The molecule has 6 heteroatoms. The normalized spacial score (nSPS) is 21.3. The average Bonchev–Trinajstić information content (AvgIpc) is 2.81. The van der Waals surface area contributed by atoms with Gasteiger partial charge in [-0.05, 0) is 37.1 Å². The molecule has 0 N–H and O–H groups in total. The van der Waals surface area contributed by atoms with Gasteiger partial charge in [0, 0.05) is 29.6 Å². The van der Waals surface area contributed by atoms with Crippen molar-refractivity contribution in [3.8, 4) is 0 Å². The second kappa shape index (κ2) is 6.02. The summed E-state index contributed by atoms with van der Waals surface area (Å²) < 4.78 is 0. The minimum absolute atomic E-state index is 0.0401. The number of nitrogens with zero attached hydrogens (tertiary/aromatic N) is 4. The Morgan fingerprint density at radius 1 is 1.23 bits per heavy atom. The van der Waals surface area contributed by atoms with Crippen LogP contribution in [0, 0.1) is 18.3 Å². The molecule has 0 aromatic carbocycles. The van der Waals surface area contributed by atoms with Gasteiger partial charge < -0.3 is 0 Å². The fourth-order valence-electron chi connectivity index (χ4n) is 3.62. The van der Waals surface area contributed by atoms with Gasteiger partial charge in [-0.2, -0.15) is 0 Å². The van der Waals surface area contributed by atoms with E-state index in [0.717, 1.165) is 29.1 Å². The molecular weight excluding hydrogens is 348 g/mol. The van der Waals surface area contributed by atoms with Crippen LogP contribution in [0.1, 0.15) is 31.7 Å². The Hall–Kier alpha value is -2.53. The van der Waals surface area contributed by atoms with Crippen LogP contribution < -0.4 is 4.90 Å². The van der Waals surface area contributed by atoms with E-state index in [0.29, 0.717) is 11.0 Å². The first-order valence-corrected chi connectivity index (χ1v) is 8.93. The van der Waals surface area contributed by atoms with Gasteiger partial charge in [-0.1, -0.05) is 37.6 Å². The van der Waals surface area contributed by atoms with E-state index in [1.807, 2.05) is 45.3 Å². The van der Waals surface area contributed by atoms with Gasteiger partial charge in [0.2, 0.25) is 5.91 Å². The minimum Gasteiger partial charge on any atom is -0.273 e. The molecule has 1 amide bonds. The second-order valence-corrected chi connectivity index (χ2v) is 7.60. The molecule has 2 aromatic rings. The second-order valence-electron chi connectivity index (χ2n) is 7.22. The lowest BCUT2D eigenvalue weighted by molar-refractivity contribution is -0.125. The first kappa shape index (κ1) is 16.9. The largest absolute Gasteiger partial charge is 0.273 e. The highest BCUT2D eigenvalue weighted by molar-refractivity contribution is 6.29. The average molecular weight is 367 g/mol. The zero-order chi connectivity index (χ0) is 18.5. The lowest BCUT2D eigenvalue weighted by atomic mass is 9.75. The quantitative estimate of drug-likeness (QED) is 0.747. The standard InChI is InChI=1S/C20H19ClN4O/c1-12-22-10-14(11-23-12)13-7-8-15-16(9-13)25(19(26)20(15,2)3)18-6-4-5-17(21)24-18/h4-7,9-11,15H,8H2,1-3H3. The van der Waals surface area contributed by atoms with Gasteiger partial charge >= 0.3 is 0 Å². The fraction of sp³-hybridized carbons (Fsp3) is 0.300. The van der Waals surface area contributed by atoms with E-state index in [9.17, 15) is 4.79 Å². The van der Waals surface area contributed by atoms with Crippen molar-refractivity contribution < 1.29 is 4.79 Å². The molecule has 5 nitrogen and oxygen atoms in total. The number of allylic oxidation sites excluding steroid dienone is 4. The van der Waals surface area contributed by atoms with E-state index in [4.69, 9.17) is 11.6 Å². The number of hydrogen-bond donors (Lipinski definition) is 0. The van der Waals surface area contributed by atoms with Gasteiger partial charge in [0.05, 0.1) is 5.41 Å². The molecule has 1 fully saturated rings. The maximum absolute atomic E-state index is 13.1. The molecule has 1 aliphatic carbocycles. The summed E-state index contributed by atoms with van der Waals surface area (Å²) in [5, 5.41) is 0.371. The van der Waals surface area contributed by atoms with Crippen molar-refractivity contribution in [1.29, 1.82) is 0 Å². The van der Waals surface area contributed by atoms with E-state index >= 15 is 0 Å². The van der Waals surface area contributed by atoms with E-state index in [1.165, 1.54) is 0 Å². The molecule has 132 valence electrons. The number of amides is 1. The molecular formula is C20H19ClN4O. The number of rotatable bonds is 2. The lowest BCUT2D eigenvalue weighted by Gasteiger charge is -2.25. The molecule has 3 heterocycles. The van der Waals surface area contributed by atoms with Gasteiger partial charge in [0.15, 0.2) is 0 Å². The highest BCUT2D eigenvalue weighted by atomic mass is 35.5. The maximum Gasteiger partial charge on any atom is 0.238 e. The van der Waals surface area contributed by atoms with E-state index in [-0.39, 0.29) is 11.8 Å². The molecule has 0 spiro atoms. The molecule has 1 atom stereocenters. The fourth-order valence-corrected chi connectivity index (χ4v) is 3.78. The third-order valence-electron chi connectivity index (χ3n) is 5.16.